The molecule has 0 saturated carbocycles. The summed E-state index contributed by atoms with van der Waals surface area (Å²) in [7, 11) is 0. The number of amides is 2. The van der Waals surface area contributed by atoms with E-state index in [9.17, 15) is 19.2 Å². The van der Waals surface area contributed by atoms with Crippen LogP contribution >= 0.6 is 0 Å². The SMILES string of the molecule is C[C@H](N)C(=O)N[C@H](CCC(=O)O)C(=O)N[C@@H](CCCCN)C(=O)O. The fourth-order valence-corrected chi connectivity index (χ4v) is 1.86. The smallest absolute Gasteiger partial charge is 0.326 e. The number of carboxylic acid groups (broad SMARTS) is 2. The van der Waals surface area contributed by atoms with Crippen LogP contribution < -0.4 is 22.1 Å². The van der Waals surface area contributed by atoms with Gasteiger partial charge in [0.05, 0.1) is 6.04 Å². The first-order chi connectivity index (χ1) is 11.2. The normalized spacial score (nSPS) is 14.3. The Bertz CT molecular complexity index is 455. The lowest BCUT2D eigenvalue weighted by Crippen LogP contribution is -2.54. The molecule has 24 heavy (non-hydrogen) atoms. The van der Waals surface area contributed by atoms with Crippen molar-refractivity contribution in [2.45, 2.75) is 57.2 Å². The van der Waals surface area contributed by atoms with Crippen molar-refractivity contribution >= 4 is 23.8 Å². The Balaban J connectivity index is 4.87. The first-order valence-corrected chi connectivity index (χ1v) is 7.70. The van der Waals surface area contributed by atoms with E-state index in [0.29, 0.717) is 19.4 Å². The second-order valence-electron chi connectivity index (χ2n) is 5.47. The van der Waals surface area contributed by atoms with Crippen LogP contribution in [0.4, 0.5) is 0 Å². The molecule has 0 bridgehead atoms. The highest BCUT2D eigenvalue weighted by molar-refractivity contribution is 5.91. The summed E-state index contributed by atoms with van der Waals surface area (Å²) in [6, 6.07) is -3.19. The maximum Gasteiger partial charge on any atom is 0.326 e. The van der Waals surface area contributed by atoms with Gasteiger partial charge in [0.25, 0.3) is 0 Å². The Hall–Kier alpha value is -2.20. The van der Waals surface area contributed by atoms with Crippen LogP contribution in [0.15, 0.2) is 0 Å². The molecule has 0 aliphatic heterocycles. The van der Waals surface area contributed by atoms with Gasteiger partial charge in [-0.3, -0.25) is 14.4 Å². The predicted molar refractivity (Wildman–Crippen MR) is 84.9 cm³/mol. The van der Waals surface area contributed by atoms with E-state index in [1.807, 2.05) is 0 Å². The van der Waals surface area contributed by atoms with Crippen molar-refractivity contribution < 1.29 is 29.4 Å². The fraction of sp³-hybridized carbons (Fsp3) is 0.714. The molecule has 2 amide bonds. The number of nitrogens with two attached hydrogens (primary N) is 2. The zero-order valence-electron chi connectivity index (χ0n) is 13.7. The maximum atomic E-state index is 12.2. The molecule has 0 fully saturated rings. The molecule has 0 unspecified atom stereocenters. The van der Waals surface area contributed by atoms with Gasteiger partial charge in [-0.25, -0.2) is 4.79 Å². The Morgan fingerprint density at radius 1 is 0.958 bits per heavy atom. The summed E-state index contributed by atoms with van der Waals surface area (Å²) in [5.74, 6) is -3.74. The summed E-state index contributed by atoms with van der Waals surface area (Å²) in [5.41, 5.74) is 10.7. The van der Waals surface area contributed by atoms with E-state index in [2.05, 4.69) is 10.6 Å². The summed E-state index contributed by atoms with van der Waals surface area (Å²) in [5, 5.41) is 22.5. The molecular weight excluding hydrogens is 320 g/mol. The third-order valence-corrected chi connectivity index (χ3v) is 3.25. The summed E-state index contributed by atoms with van der Waals surface area (Å²) < 4.78 is 0. The summed E-state index contributed by atoms with van der Waals surface area (Å²) in [6.07, 6.45) is 0.783. The van der Waals surface area contributed by atoms with E-state index < -0.39 is 41.9 Å². The number of unbranched alkanes of at least 4 members (excludes halogenated alkanes) is 1. The number of carbonyl (C=O) groups is 4. The van der Waals surface area contributed by atoms with Gasteiger partial charge in [0, 0.05) is 6.42 Å². The minimum absolute atomic E-state index is 0.172. The highest BCUT2D eigenvalue weighted by Crippen LogP contribution is 2.04. The molecule has 0 aromatic heterocycles. The Labute approximate surface area is 139 Å². The number of rotatable bonds is 12. The van der Waals surface area contributed by atoms with Crippen molar-refractivity contribution in [1.82, 2.24) is 10.6 Å². The van der Waals surface area contributed by atoms with E-state index in [-0.39, 0.29) is 19.3 Å². The minimum Gasteiger partial charge on any atom is -0.481 e. The van der Waals surface area contributed by atoms with E-state index in [1.165, 1.54) is 6.92 Å². The van der Waals surface area contributed by atoms with E-state index >= 15 is 0 Å². The standard InChI is InChI=1S/C14H26N4O6/c1-8(16)12(21)17-9(5-6-11(19)20)13(22)18-10(14(23)24)4-2-3-7-15/h8-10H,2-7,15-16H2,1H3,(H,17,21)(H,18,22)(H,19,20)(H,23,24)/t8-,9+,10-/m0/s1. The summed E-state index contributed by atoms with van der Waals surface area (Å²) >= 11 is 0. The van der Waals surface area contributed by atoms with Crippen LogP contribution in [0.5, 0.6) is 0 Å². The molecule has 0 aromatic carbocycles. The van der Waals surface area contributed by atoms with Crippen molar-refractivity contribution in [1.29, 1.82) is 0 Å². The zero-order chi connectivity index (χ0) is 18.7. The van der Waals surface area contributed by atoms with Gasteiger partial charge in [-0.15, -0.1) is 0 Å². The molecule has 8 N–H and O–H groups in total. The molecule has 0 radical (unpaired) electrons. The summed E-state index contributed by atoms with van der Waals surface area (Å²) in [6.45, 7) is 1.82. The van der Waals surface area contributed by atoms with Gasteiger partial charge >= 0.3 is 11.9 Å². The molecule has 0 aliphatic rings. The number of nitrogens with one attached hydrogen (secondary N) is 2. The first kappa shape index (κ1) is 21.8. The van der Waals surface area contributed by atoms with Gasteiger partial charge in [0.1, 0.15) is 12.1 Å². The highest BCUT2D eigenvalue weighted by Gasteiger charge is 2.27. The molecule has 10 heteroatoms. The topological polar surface area (TPSA) is 185 Å². The second-order valence-corrected chi connectivity index (χ2v) is 5.47. The Kier molecular flexibility index (Phi) is 10.3. The van der Waals surface area contributed by atoms with Gasteiger partial charge in [-0.2, -0.15) is 0 Å². The lowest BCUT2D eigenvalue weighted by molar-refractivity contribution is -0.143. The third kappa shape index (κ3) is 9.06. The van der Waals surface area contributed by atoms with Gasteiger partial charge in [0.2, 0.25) is 11.8 Å². The van der Waals surface area contributed by atoms with Crippen molar-refractivity contribution in [2.24, 2.45) is 11.5 Å². The van der Waals surface area contributed by atoms with Crippen LogP contribution in [0.1, 0.15) is 39.0 Å². The van der Waals surface area contributed by atoms with Crippen LogP contribution in [0.25, 0.3) is 0 Å². The highest BCUT2D eigenvalue weighted by atomic mass is 16.4. The molecule has 0 rings (SSSR count). The van der Waals surface area contributed by atoms with Crippen molar-refractivity contribution in [2.75, 3.05) is 6.54 Å². The average molecular weight is 346 g/mol. The number of aliphatic carboxylic acids is 2. The lowest BCUT2D eigenvalue weighted by Gasteiger charge is -2.21. The van der Waals surface area contributed by atoms with E-state index in [0.717, 1.165) is 0 Å². The first-order valence-electron chi connectivity index (χ1n) is 7.70. The fourth-order valence-electron chi connectivity index (χ4n) is 1.86. The molecule has 0 aliphatic carbocycles. The van der Waals surface area contributed by atoms with Crippen molar-refractivity contribution in [3.8, 4) is 0 Å². The van der Waals surface area contributed by atoms with Crippen LogP contribution in [-0.2, 0) is 19.2 Å². The number of hydrogen-bond acceptors (Lipinski definition) is 6. The molecule has 3 atom stereocenters. The van der Waals surface area contributed by atoms with Gasteiger partial charge < -0.3 is 32.3 Å². The van der Waals surface area contributed by atoms with Gasteiger partial charge in [-0.05, 0) is 39.2 Å². The number of carboxylic acids is 2. The molecule has 0 spiro atoms. The summed E-state index contributed by atoms with van der Waals surface area (Å²) in [4.78, 5) is 45.7. The Morgan fingerprint density at radius 3 is 2.00 bits per heavy atom. The minimum atomic E-state index is -1.21. The molecule has 0 heterocycles. The monoisotopic (exact) mass is 346 g/mol. The van der Waals surface area contributed by atoms with E-state index in [4.69, 9.17) is 21.7 Å². The van der Waals surface area contributed by atoms with Gasteiger partial charge in [0.15, 0.2) is 0 Å². The van der Waals surface area contributed by atoms with Gasteiger partial charge in [-0.1, -0.05) is 0 Å². The second kappa shape index (κ2) is 11.4. The van der Waals surface area contributed by atoms with Crippen molar-refractivity contribution in [3.63, 3.8) is 0 Å². The predicted octanol–water partition coefficient (Wildman–Crippen LogP) is -1.62. The van der Waals surface area contributed by atoms with Crippen LogP contribution in [0.3, 0.4) is 0 Å². The Morgan fingerprint density at radius 2 is 1.54 bits per heavy atom. The number of hydrogen-bond donors (Lipinski definition) is 6. The molecule has 0 saturated heterocycles. The maximum absolute atomic E-state index is 12.2. The molecule has 0 aromatic rings. The van der Waals surface area contributed by atoms with Crippen LogP contribution in [0, 0.1) is 0 Å². The quantitative estimate of drug-likeness (QED) is 0.228. The zero-order valence-corrected chi connectivity index (χ0v) is 13.7. The van der Waals surface area contributed by atoms with Crippen LogP contribution in [-0.4, -0.2) is 58.6 Å². The molecule has 10 nitrogen and oxygen atoms in total. The average Bonchev–Trinajstić information content (AvgIpc) is 2.49. The molecular formula is C14H26N4O6. The van der Waals surface area contributed by atoms with Crippen LogP contribution in [0.2, 0.25) is 0 Å². The molecule has 138 valence electrons. The largest absolute Gasteiger partial charge is 0.481 e. The third-order valence-electron chi connectivity index (χ3n) is 3.25. The van der Waals surface area contributed by atoms with Crippen molar-refractivity contribution in [3.05, 3.63) is 0 Å². The van der Waals surface area contributed by atoms with E-state index in [1.54, 1.807) is 0 Å². The number of carbonyl (C=O) groups excluding carboxylic acids is 2. The lowest BCUT2D eigenvalue weighted by atomic mass is 10.1.